The minimum absolute atomic E-state index is 0. The number of quaternary nitrogens is 1. The van der Waals surface area contributed by atoms with Gasteiger partial charge in [-0.3, -0.25) is 0 Å². The van der Waals surface area contributed by atoms with Crippen molar-refractivity contribution in [3.8, 4) is 0 Å². The van der Waals surface area contributed by atoms with Crippen LogP contribution in [0.1, 0.15) is 26.3 Å². The largest absolute Gasteiger partial charge is 1.00 e. The number of carboxylic acid groups (broad SMARTS) is 1. The summed E-state index contributed by atoms with van der Waals surface area (Å²) in [5, 5.41) is 18.3. The molecule has 0 bridgehead atoms. The van der Waals surface area contributed by atoms with Crippen LogP contribution in [0.2, 0.25) is 0 Å². The van der Waals surface area contributed by atoms with Gasteiger partial charge in [-0.15, -0.1) is 5.34 Å². The van der Waals surface area contributed by atoms with Crippen molar-refractivity contribution in [2.45, 2.75) is 32.2 Å². The van der Waals surface area contributed by atoms with Crippen LogP contribution in [0.25, 0.3) is 0 Å². The molecule has 0 N–H and O–H groups in total. The van der Waals surface area contributed by atoms with E-state index in [1.807, 2.05) is 0 Å². The van der Waals surface area contributed by atoms with Crippen molar-refractivity contribution >= 4 is 29.2 Å². The van der Waals surface area contributed by atoms with Gasteiger partial charge in [-0.2, -0.15) is 0 Å². The van der Waals surface area contributed by atoms with Crippen LogP contribution in [0.15, 0.2) is 35.7 Å². The molecule has 140 valence electrons. The van der Waals surface area contributed by atoms with E-state index < -0.39 is 10.8 Å². The monoisotopic (exact) mass is 490 g/mol. The van der Waals surface area contributed by atoms with E-state index in [-0.39, 0.29) is 76.1 Å². The molecule has 0 aliphatic rings. The molecular formula is C15H23BrCl2N2Na2O4. The van der Waals surface area contributed by atoms with E-state index in [2.05, 4.69) is 51.1 Å². The summed E-state index contributed by atoms with van der Waals surface area (Å²) in [6, 6.07) is 10.8. The van der Waals surface area contributed by atoms with Gasteiger partial charge in [0.05, 0.1) is 25.6 Å². The van der Waals surface area contributed by atoms with Gasteiger partial charge < -0.3 is 41.5 Å². The summed E-state index contributed by atoms with van der Waals surface area (Å²) in [6.45, 7) is 11.7. The van der Waals surface area contributed by atoms with E-state index >= 15 is 0 Å². The van der Waals surface area contributed by atoms with Crippen LogP contribution >= 0.6 is 23.2 Å². The number of benzene rings is 1. The van der Waals surface area contributed by atoms with E-state index in [4.69, 9.17) is 33.3 Å². The second-order valence-electron chi connectivity index (χ2n) is 4.63. The number of carbonyl (C=O) groups is 1. The van der Waals surface area contributed by atoms with Gasteiger partial charge in [-0.05, 0) is 20.8 Å². The Morgan fingerprint density at radius 2 is 1.38 bits per heavy atom. The smallest absolute Gasteiger partial charge is 1.00 e. The molecule has 11 heteroatoms. The molecule has 0 aromatic heterocycles. The van der Waals surface area contributed by atoms with E-state index in [9.17, 15) is 9.90 Å². The summed E-state index contributed by atoms with van der Waals surface area (Å²) in [4.78, 5) is 15.9. The fraction of sp³-hybridized carbons (Fsp3) is 0.533. The van der Waals surface area contributed by atoms with E-state index in [0.717, 1.165) is 5.34 Å². The van der Waals surface area contributed by atoms with Crippen LogP contribution in [0, 0.1) is 10.1 Å². The van der Waals surface area contributed by atoms with Gasteiger partial charge in [0.1, 0.15) is 11.4 Å². The van der Waals surface area contributed by atoms with Crippen LogP contribution in [0.5, 0.6) is 0 Å². The van der Waals surface area contributed by atoms with Gasteiger partial charge in [0.2, 0.25) is 0 Å². The van der Waals surface area contributed by atoms with Crippen molar-refractivity contribution < 1.29 is 90.5 Å². The summed E-state index contributed by atoms with van der Waals surface area (Å²) in [5.74, 6) is -1.46. The molecule has 1 rings (SSSR count). The Bertz CT molecular complexity index is 435. The summed E-state index contributed by atoms with van der Waals surface area (Å²) in [7, 11) is 0. The SMILES string of the molecule is CC[N+](CC)(CC)Cc1ccccc1.O=C([O-])C(Cl)Cl.O=N[O-].[Br-].[Na+].[Na+]. The van der Waals surface area contributed by atoms with Crippen molar-refractivity contribution in [3.63, 3.8) is 0 Å². The topological polar surface area (TPSA) is 92.6 Å². The van der Waals surface area contributed by atoms with Gasteiger partial charge in [0.15, 0.2) is 0 Å². The Morgan fingerprint density at radius 1 is 1.08 bits per heavy atom. The van der Waals surface area contributed by atoms with Crippen LogP contribution in [0.3, 0.4) is 0 Å². The van der Waals surface area contributed by atoms with E-state index in [1.54, 1.807) is 0 Å². The average Bonchev–Trinajstić information content (AvgIpc) is 2.55. The van der Waals surface area contributed by atoms with Gasteiger partial charge in [0, 0.05) is 5.56 Å². The number of rotatable bonds is 6. The van der Waals surface area contributed by atoms with Gasteiger partial charge >= 0.3 is 59.1 Å². The minimum Gasteiger partial charge on any atom is -1.00 e. The maximum atomic E-state index is 9.32. The number of aliphatic carboxylic acids is 1. The second-order valence-corrected chi connectivity index (χ2v) is 5.72. The number of alkyl halides is 2. The van der Waals surface area contributed by atoms with Gasteiger partial charge in [0.25, 0.3) is 0 Å². The molecule has 0 saturated carbocycles. The maximum absolute atomic E-state index is 9.32. The van der Waals surface area contributed by atoms with Gasteiger partial charge in [-0.1, -0.05) is 53.5 Å². The Labute approximate surface area is 220 Å². The average molecular weight is 492 g/mol. The van der Waals surface area contributed by atoms with Crippen LogP contribution in [-0.4, -0.2) is 34.9 Å². The molecule has 0 spiro atoms. The van der Waals surface area contributed by atoms with Crippen molar-refractivity contribution in [3.05, 3.63) is 46.0 Å². The molecule has 0 aliphatic carbocycles. The molecule has 0 aliphatic heterocycles. The molecule has 26 heavy (non-hydrogen) atoms. The molecule has 0 radical (unpaired) electrons. The Morgan fingerprint density at radius 3 is 1.62 bits per heavy atom. The normalized spacial score (nSPS) is 8.85. The zero-order valence-corrected chi connectivity index (χ0v) is 23.1. The van der Waals surface area contributed by atoms with Crippen LogP contribution in [-0.2, 0) is 11.3 Å². The quantitative estimate of drug-likeness (QED) is 0.130. The number of halogens is 3. The summed E-state index contributed by atoms with van der Waals surface area (Å²) in [5.41, 5.74) is 1.46. The summed E-state index contributed by atoms with van der Waals surface area (Å²) < 4.78 is 1.20. The Hall–Kier alpha value is 1.11. The number of hydrogen-bond acceptors (Lipinski definition) is 5. The Kier molecular flexibility index (Phi) is 35.1. The predicted octanol–water partition coefficient (Wildman–Crippen LogP) is -6.13. The first-order chi connectivity index (χ1) is 10.8. The number of carboxylic acids is 1. The molecule has 6 nitrogen and oxygen atoms in total. The molecule has 0 atom stereocenters. The van der Waals surface area contributed by atoms with Crippen LogP contribution in [0.4, 0.5) is 0 Å². The second kappa shape index (κ2) is 24.1. The predicted molar refractivity (Wildman–Crippen MR) is 91.7 cm³/mol. The maximum Gasteiger partial charge on any atom is 1.00 e. The molecule has 0 unspecified atom stereocenters. The van der Waals surface area contributed by atoms with Gasteiger partial charge in [-0.25, -0.2) is 0 Å². The standard InChI is InChI=1S/C13H22N.C2H2Cl2O2.BrH.HNO2.2Na/c1-4-14(5-2,6-3)12-13-10-8-7-9-11-13;3-1(4)2(5)6;;2-1-3;;/h7-11H,4-6,12H2,1-3H3;1H,(H,5,6);1H;(H,2,3);;/q+1;;;;2*+1/p-3. The third kappa shape index (κ3) is 19.9. The first-order valence-corrected chi connectivity index (χ1v) is 8.02. The van der Waals surface area contributed by atoms with Crippen molar-refractivity contribution in [1.82, 2.24) is 0 Å². The van der Waals surface area contributed by atoms with Crippen molar-refractivity contribution in [2.24, 2.45) is 5.34 Å². The zero-order valence-electron chi connectivity index (χ0n) is 16.0. The molecule has 1 aromatic carbocycles. The Balaban J connectivity index is -0.000000105. The molecule has 0 amide bonds. The summed E-state index contributed by atoms with van der Waals surface area (Å²) >= 11 is 9.43. The fourth-order valence-electron chi connectivity index (χ4n) is 1.98. The minimum atomic E-state index is -1.46. The van der Waals surface area contributed by atoms with E-state index in [0.29, 0.717) is 0 Å². The molecule has 0 saturated heterocycles. The van der Waals surface area contributed by atoms with E-state index in [1.165, 1.54) is 36.2 Å². The number of hydrogen-bond donors (Lipinski definition) is 0. The number of nitrogens with zero attached hydrogens (tertiary/aromatic N) is 2. The van der Waals surface area contributed by atoms with Crippen molar-refractivity contribution in [2.75, 3.05) is 19.6 Å². The fourth-order valence-corrected chi connectivity index (χ4v) is 1.98. The third-order valence-electron chi connectivity index (χ3n) is 3.55. The molecule has 0 heterocycles. The first-order valence-electron chi connectivity index (χ1n) is 7.15. The third-order valence-corrected chi connectivity index (χ3v) is 3.91. The molecule has 1 aromatic rings. The first kappa shape index (κ1) is 37.8. The molecular weight excluding hydrogens is 469 g/mol. The number of carbonyl (C=O) groups excluding carboxylic acids is 1. The van der Waals surface area contributed by atoms with Crippen molar-refractivity contribution in [1.29, 1.82) is 0 Å². The van der Waals surface area contributed by atoms with Crippen LogP contribution < -0.4 is 81.2 Å². The zero-order chi connectivity index (χ0) is 18.3. The molecule has 0 fully saturated rings. The summed E-state index contributed by atoms with van der Waals surface area (Å²) in [6.07, 6.45) is 0.